The van der Waals surface area contributed by atoms with Crippen LogP contribution in [0.4, 0.5) is 0 Å². The Kier molecular flexibility index (Phi) is 3.69. The van der Waals surface area contributed by atoms with E-state index in [1.165, 1.54) is 0 Å². The lowest BCUT2D eigenvalue weighted by Gasteiger charge is -1.99. The van der Waals surface area contributed by atoms with Gasteiger partial charge in [-0.1, -0.05) is 30.3 Å². The van der Waals surface area contributed by atoms with E-state index in [0.29, 0.717) is 5.76 Å². The molecule has 3 aromatic rings. The first-order chi connectivity index (χ1) is 9.58. The zero-order chi connectivity index (χ0) is 14.3. The summed E-state index contributed by atoms with van der Waals surface area (Å²) >= 11 is 2.28. The Morgan fingerprint density at radius 1 is 1.15 bits per heavy atom. The van der Waals surface area contributed by atoms with Gasteiger partial charge in [-0.25, -0.2) is 0 Å². The van der Waals surface area contributed by atoms with E-state index in [1.807, 2.05) is 43.3 Å². The van der Waals surface area contributed by atoms with Crippen LogP contribution >= 0.6 is 22.6 Å². The van der Waals surface area contributed by atoms with Gasteiger partial charge in [-0.05, 0) is 47.2 Å². The first kappa shape index (κ1) is 13.8. The predicted octanol–water partition coefficient (Wildman–Crippen LogP) is 4.75. The summed E-state index contributed by atoms with van der Waals surface area (Å²) in [6.45, 7) is 2.02. The minimum atomic E-state index is -1.10. The summed E-state index contributed by atoms with van der Waals surface area (Å²) in [6, 6.07) is 14.0. The van der Waals surface area contributed by atoms with Crippen molar-refractivity contribution in [1.82, 2.24) is 0 Å². The zero-order valence-electron chi connectivity index (χ0n) is 11.1. The molecule has 0 aliphatic rings. The molecular formula is C16H13IO2S. The Balaban J connectivity index is 2.41. The first-order valence-corrected chi connectivity index (χ1v) is 8.83. The minimum absolute atomic E-state index is 0.714. The number of rotatable bonds is 2. The van der Waals surface area contributed by atoms with Crippen molar-refractivity contribution in [3.63, 3.8) is 0 Å². The first-order valence-electron chi connectivity index (χ1n) is 6.19. The molecule has 20 heavy (non-hydrogen) atoms. The number of hydrogen-bond donors (Lipinski definition) is 0. The third-order valence-corrected chi connectivity index (χ3v) is 4.82. The van der Waals surface area contributed by atoms with Gasteiger partial charge in [0.2, 0.25) is 0 Å². The van der Waals surface area contributed by atoms with E-state index < -0.39 is 10.8 Å². The number of hydrogen-bond acceptors (Lipinski definition) is 2. The second kappa shape index (κ2) is 5.33. The van der Waals surface area contributed by atoms with Crippen molar-refractivity contribution in [2.24, 2.45) is 0 Å². The fraction of sp³-hybridized carbons (Fsp3) is 0.125. The number of fused-ring (bicyclic) bond motifs is 1. The van der Waals surface area contributed by atoms with Crippen molar-refractivity contribution < 1.29 is 8.63 Å². The Bertz CT molecular complexity index is 806. The van der Waals surface area contributed by atoms with Crippen LogP contribution in [0.5, 0.6) is 0 Å². The molecule has 0 aliphatic heterocycles. The molecule has 4 heteroatoms. The molecule has 0 saturated carbocycles. The van der Waals surface area contributed by atoms with Crippen LogP contribution in [0, 0.1) is 10.5 Å². The summed E-state index contributed by atoms with van der Waals surface area (Å²) in [6.07, 6.45) is 1.70. The van der Waals surface area contributed by atoms with Crippen LogP contribution in [0.3, 0.4) is 0 Å². The summed E-state index contributed by atoms with van der Waals surface area (Å²) < 4.78 is 19.3. The third-order valence-electron chi connectivity index (χ3n) is 3.22. The SMILES string of the molecule is Cc1cc(I)cc2c([S@@](C)=O)c(-c3ccccc3)oc12. The fourth-order valence-corrected chi connectivity index (χ4v) is 4.03. The van der Waals surface area contributed by atoms with Crippen molar-refractivity contribution in [3.05, 3.63) is 51.6 Å². The maximum absolute atomic E-state index is 12.2. The van der Waals surface area contributed by atoms with Crippen LogP contribution in [0.1, 0.15) is 5.56 Å². The molecule has 2 aromatic carbocycles. The van der Waals surface area contributed by atoms with E-state index in [-0.39, 0.29) is 0 Å². The number of furan rings is 1. The van der Waals surface area contributed by atoms with Crippen molar-refractivity contribution in [2.75, 3.05) is 6.26 Å². The largest absolute Gasteiger partial charge is 0.454 e. The summed E-state index contributed by atoms with van der Waals surface area (Å²) in [5.74, 6) is 0.714. The van der Waals surface area contributed by atoms with E-state index in [4.69, 9.17) is 4.42 Å². The molecule has 0 amide bonds. The van der Waals surface area contributed by atoms with Crippen molar-refractivity contribution in [2.45, 2.75) is 11.8 Å². The summed E-state index contributed by atoms with van der Waals surface area (Å²) in [5, 5.41) is 0.953. The normalized spacial score (nSPS) is 12.8. The smallest absolute Gasteiger partial charge is 0.151 e. The Morgan fingerprint density at radius 3 is 2.50 bits per heavy atom. The lowest BCUT2D eigenvalue weighted by atomic mass is 10.1. The molecule has 0 fully saturated rings. The van der Waals surface area contributed by atoms with Crippen molar-refractivity contribution >= 4 is 44.4 Å². The van der Waals surface area contributed by atoms with E-state index in [1.54, 1.807) is 6.26 Å². The second-order valence-corrected chi connectivity index (χ2v) is 7.24. The zero-order valence-corrected chi connectivity index (χ0v) is 14.1. The number of benzene rings is 2. The van der Waals surface area contributed by atoms with Gasteiger partial charge in [0.15, 0.2) is 5.76 Å². The van der Waals surface area contributed by atoms with Crippen LogP contribution in [-0.4, -0.2) is 10.5 Å². The van der Waals surface area contributed by atoms with E-state index >= 15 is 0 Å². The van der Waals surface area contributed by atoms with E-state index in [9.17, 15) is 4.21 Å². The minimum Gasteiger partial charge on any atom is -0.454 e. The van der Waals surface area contributed by atoms with E-state index in [0.717, 1.165) is 30.6 Å². The van der Waals surface area contributed by atoms with Crippen LogP contribution in [0.25, 0.3) is 22.3 Å². The molecule has 0 unspecified atom stereocenters. The summed E-state index contributed by atoms with van der Waals surface area (Å²) in [5.41, 5.74) is 2.86. The number of aryl methyl sites for hydroxylation is 1. The molecular weight excluding hydrogens is 383 g/mol. The molecule has 0 bridgehead atoms. The lowest BCUT2D eigenvalue weighted by Crippen LogP contribution is -1.89. The molecule has 1 heterocycles. The highest BCUT2D eigenvalue weighted by Gasteiger charge is 2.20. The molecule has 0 radical (unpaired) electrons. The molecule has 2 nitrogen and oxygen atoms in total. The molecule has 1 aromatic heterocycles. The number of halogens is 1. The standard InChI is InChI=1S/C16H13IO2S/c1-10-8-12(17)9-13-14(10)19-15(16(13)20(2)18)11-6-4-3-5-7-11/h3-9H,1-2H3/t20-/m1/s1. The maximum Gasteiger partial charge on any atom is 0.151 e. The average molecular weight is 396 g/mol. The Labute approximate surface area is 133 Å². The summed E-state index contributed by atoms with van der Waals surface area (Å²) in [7, 11) is -1.10. The van der Waals surface area contributed by atoms with Gasteiger partial charge in [0.05, 0.1) is 15.7 Å². The van der Waals surface area contributed by atoms with Gasteiger partial charge < -0.3 is 4.42 Å². The Morgan fingerprint density at radius 2 is 1.85 bits per heavy atom. The molecule has 0 N–H and O–H groups in total. The average Bonchev–Trinajstić information content (AvgIpc) is 2.79. The highest BCUT2D eigenvalue weighted by molar-refractivity contribution is 14.1. The monoisotopic (exact) mass is 396 g/mol. The van der Waals surface area contributed by atoms with E-state index in [2.05, 4.69) is 28.7 Å². The van der Waals surface area contributed by atoms with Crippen LogP contribution in [-0.2, 0) is 10.8 Å². The second-order valence-electron chi connectivity index (χ2n) is 4.68. The predicted molar refractivity (Wildman–Crippen MR) is 91.4 cm³/mol. The highest BCUT2D eigenvalue weighted by atomic mass is 127. The van der Waals surface area contributed by atoms with Crippen LogP contribution in [0.2, 0.25) is 0 Å². The lowest BCUT2D eigenvalue weighted by molar-refractivity contribution is 0.620. The quantitative estimate of drug-likeness (QED) is 0.586. The van der Waals surface area contributed by atoms with Gasteiger partial charge in [0.1, 0.15) is 5.58 Å². The van der Waals surface area contributed by atoms with Gasteiger partial charge >= 0.3 is 0 Å². The molecule has 3 rings (SSSR count). The van der Waals surface area contributed by atoms with Crippen LogP contribution < -0.4 is 0 Å². The topological polar surface area (TPSA) is 30.2 Å². The summed E-state index contributed by atoms with van der Waals surface area (Å²) in [4.78, 5) is 0.785. The van der Waals surface area contributed by atoms with Gasteiger partial charge in [-0.15, -0.1) is 0 Å². The van der Waals surface area contributed by atoms with Gasteiger partial charge in [-0.3, -0.25) is 4.21 Å². The van der Waals surface area contributed by atoms with Gasteiger partial charge in [0.25, 0.3) is 0 Å². The molecule has 0 aliphatic carbocycles. The van der Waals surface area contributed by atoms with Crippen molar-refractivity contribution in [3.8, 4) is 11.3 Å². The molecule has 0 saturated heterocycles. The molecule has 102 valence electrons. The molecule has 0 spiro atoms. The Hall–Kier alpha value is -1.14. The highest BCUT2D eigenvalue weighted by Crippen LogP contribution is 2.37. The van der Waals surface area contributed by atoms with Crippen LogP contribution in [0.15, 0.2) is 51.8 Å². The molecule has 1 atom stereocenters. The van der Waals surface area contributed by atoms with Crippen molar-refractivity contribution in [1.29, 1.82) is 0 Å². The third kappa shape index (κ3) is 2.31. The van der Waals surface area contributed by atoms with Gasteiger partial charge in [0, 0.05) is 20.8 Å². The fourth-order valence-electron chi connectivity index (χ4n) is 2.37. The maximum atomic E-state index is 12.2. The van der Waals surface area contributed by atoms with Gasteiger partial charge in [-0.2, -0.15) is 0 Å².